The molecule has 0 aliphatic rings. The summed E-state index contributed by atoms with van der Waals surface area (Å²) in [4.78, 5) is 25.5. The predicted molar refractivity (Wildman–Crippen MR) is 117 cm³/mol. The molecule has 0 saturated heterocycles. The van der Waals surface area contributed by atoms with Gasteiger partial charge in [-0.1, -0.05) is 18.2 Å². The van der Waals surface area contributed by atoms with Crippen molar-refractivity contribution in [1.29, 1.82) is 0 Å². The van der Waals surface area contributed by atoms with Crippen molar-refractivity contribution in [2.24, 2.45) is 0 Å². The molecule has 0 aliphatic heterocycles. The Balaban J connectivity index is 1.72. The Kier molecular flexibility index (Phi) is 7.65. The van der Waals surface area contributed by atoms with Crippen LogP contribution in [0.5, 0.6) is 0 Å². The summed E-state index contributed by atoms with van der Waals surface area (Å²) in [5.74, 6) is -0.845. The van der Waals surface area contributed by atoms with Gasteiger partial charge in [-0.15, -0.1) is 0 Å². The number of carbonyl (C=O) groups excluding carboxylic acids is 2. The quantitative estimate of drug-likeness (QED) is 0.255. The normalized spacial score (nSPS) is 11.2. The van der Waals surface area contributed by atoms with E-state index in [1.54, 1.807) is 13.2 Å². The van der Waals surface area contributed by atoms with E-state index in [-0.39, 0.29) is 24.8 Å². The summed E-state index contributed by atoms with van der Waals surface area (Å²) in [6.45, 7) is 7.53. The number of carbonyl (C=O) groups is 2. The maximum atomic E-state index is 12.8. The third-order valence-corrected chi connectivity index (χ3v) is 5.27. The fourth-order valence-electron chi connectivity index (χ4n) is 3.68. The first-order valence-electron chi connectivity index (χ1n) is 10.4. The van der Waals surface area contributed by atoms with E-state index < -0.39 is 5.97 Å². The Hall–Kier alpha value is -2.90. The van der Waals surface area contributed by atoms with Crippen LogP contribution in [0.3, 0.4) is 0 Å². The molecule has 0 radical (unpaired) electrons. The van der Waals surface area contributed by atoms with Gasteiger partial charge >= 0.3 is 5.97 Å². The van der Waals surface area contributed by atoms with Crippen molar-refractivity contribution in [2.75, 3.05) is 26.9 Å². The largest absolute Gasteiger partial charge is 0.451 e. The highest BCUT2D eigenvalue weighted by Crippen LogP contribution is 2.27. The number of Topliss-reactive ketones (excluding diaryl/α,β-unsaturated/α-hetero) is 1. The SMILES string of the molecule is CCOCc1c(C(=O)OCC(=O)c2cc(C)n(CCCOC)c2C)oc2ccccc12. The van der Waals surface area contributed by atoms with Crippen LogP contribution in [-0.2, 0) is 27.4 Å². The van der Waals surface area contributed by atoms with Crippen molar-refractivity contribution in [3.05, 3.63) is 58.6 Å². The zero-order valence-electron chi connectivity index (χ0n) is 18.5. The fraction of sp³-hybridized carbons (Fsp3) is 0.417. The van der Waals surface area contributed by atoms with E-state index in [4.69, 9.17) is 18.6 Å². The molecule has 1 aromatic carbocycles. The minimum absolute atomic E-state index is 0.0764. The Bertz CT molecular complexity index is 1060. The number of ether oxygens (including phenoxy) is 3. The number of furan rings is 1. The number of hydrogen-bond acceptors (Lipinski definition) is 6. The molecule has 0 fully saturated rings. The lowest BCUT2D eigenvalue weighted by atomic mass is 10.1. The second-order valence-corrected chi connectivity index (χ2v) is 7.33. The molecule has 3 rings (SSSR count). The number of aryl methyl sites for hydroxylation is 1. The van der Waals surface area contributed by atoms with Gasteiger partial charge in [0.2, 0.25) is 11.5 Å². The first-order valence-corrected chi connectivity index (χ1v) is 10.4. The summed E-state index contributed by atoms with van der Waals surface area (Å²) >= 11 is 0. The summed E-state index contributed by atoms with van der Waals surface area (Å²) in [7, 11) is 1.67. The lowest BCUT2D eigenvalue weighted by Crippen LogP contribution is -2.16. The Morgan fingerprint density at radius 2 is 1.94 bits per heavy atom. The number of benzene rings is 1. The minimum atomic E-state index is -0.673. The summed E-state index contributed by atoms with van der Waals surface area (Å²) < 4.78 is 23.7. The number of hydrogen-bond donors (Lipinski definition) is 0. The predicted octanol–water partition coefficient (Wildman–Crippen LogP) is 4.46. The number of methoxy groups -OCH3 is 1. The van der Waals surface area contributed by atoms with E-state index in [0.717, 1.165) is 29.7 Å². The van der Waals surface area contributed by atoms with Gasteiger partial charge in [0.05, 0.1) is 6.61 Å². The van der Waals surface area contributed by atoms with Crippen LogP contribution < -0.4 is 0 Å². The smallest absolute Gasteiger partial charge is 0.375 e. The molecule has 0 bridgehead atoms. The van der Waals surface area contributed by atoms with Gasteiger partial charge in [0.25, 0.3) is 0 Å². The first kappa shape index (κ1) is 22.8. The Morgan fingerprint density at radius 3 is 2.68 bits per heavy atom. The molecule has 0 spiro atoms. The Morgan fingerprint density at radius 1 is 1.16 bits per heavy atom. The van der Waals surface area contributed by atoms with Crippen molar-refractivity contribution in [2.45, 2.75) is 40.3 Å². The van der Waals surface area contributed by atoms with Gasteiger partial charge in [-0.3, -0.25) is 4.79 Å². The highest BCUT2D eigenvalue weighted by Gasteiger charge is 2.24. The number of esters is 1. The molecule has 2 aromatic heterocycles. The lowest BCUT2D eigenvalue weighted by molar-refractivity contribution is 0.0438. The molecule has 0 atom stereocenters. The average molecular weight is 427 g/mol. The van der Waals surface area contributed by atoms with Crippen LogP contribution in [0.4, 0.5) is 0 Å². The van der Waals surface area contributed by atoms with Gasteiger partial charge in [0.1, 0.15) is 5.58 Å². The van der Waals surface area contributed by atoms with E-state index >= 15 is 0 Å². The standard InChI is InChI=1S/C24H29NO6/c1-5-29-14-20-18-9-6-7-10-22(18)31-23(20)24(27)30-15-21(26)19-13-16(2)25(17(19)3)11-8-12-28-4/h6-7,9-10,13H,5,8,11-12,14-15H2,1-4H3. The maximum Gasteiger partial charge on any atom is 0.375 e. The lowest BCUT2D eigenvalue weighted by Gasteiger charge is -2.09. The van der Waals surface area contributed by atoms with E-state index in [9.17, 15) is 9.59 Å². The molecule has 0 unspecified atom stereocenters. The second kappa shape index (κ2) is 10.4. The summed E-state index contributed by atoms with van der Waals surface area (Å²) in [6.07, 6.45) is 0.851. The monoisotopic (exact) mass is 427 g/mol. The topological polar surface area (TPSA) is 79.9 Å². The maximum absolute atomic E-state index is 12.8. The van der Waals surface area contributed by atoms with E-state index in [2.05, 4.69) is 4.57 Å². The third kappa shape index (κ3) is 5.06. The minimum Gasteiger partial charge on any atom is -0.451 e. The van der Waals surface area contributed by atoms with Crippen LogP contribution in [0.2, 0.25) is 0 Å². The fourth-order valence-corrected chi connectivity index (χ4v) is 3.68. The van der Waals surface area contributed by atoms with Crippen LogP contribution in [0, 0.1) is 13.8 Å². The molecule has 166 valence electrons. The third-order valence-electron chi connectivity index (χ3n) is 5.27. The molecule has 7 heteroatoms. The van der Waals surface area contributed by atoms with E-state index in [0.29, 0.717) is 29.9 Å². The zero-order valence-corrected chi connectivity index (χ0v) is 18.5. The highest BCUT2D eigenvalue weighted by molar-refractivity contribution is 6.01. The molecule has 0 N–H and O–H groups in total. The van der Waals surface area contributed by atoms with Crippen molar-refractivity contribution in [1.82, 2.24) is 4.57 Å². The van der Waals surface area contributed by atoms with Gasteiger partial charge in [0.15, 0.2) is 6.61 Å². The van der Waals surface area contributed by atoms with Crippen LogP contribution in [0.1, 0.15) is 51.2 Å². The van der Waals surface area contributed by atoms with Crippen LogP contribution in [0.15, 0.2) is 34.7 Å². The molecule has 0 amide bonds. The molecule has 7 nitrogen and oxygen atoms in total. The summed E-state index contributed by atoms with van der Waals surface area (Å²) in [5.41, 5.74) is 3.61. The molecule has 0 aliphatic carbocycles. The van der Waals surface area contributed by atoms with Crippen molar-refractivity contribution in [3.63, 3.8) is 0 Å². The van der Waals surface area contributed by atoms with Crippen LogP contribution in [-0.4, -0.2) is 43.3 Å². The number of ketones is 1. The van der Waals surface area contributed by atoms with Gasteiger partial charge < -0.3 is 23.2 Å². The van der Waals surface area contributed by atoms with Crippen molar-refractivity contribution >= 4 is 22.7 Å². The Labute approximate surface area is 181 Å². The van der Waals surface area contributed by atoms with Crippen molar-refractivity contribution < 1.29 is 28.2 Å². The first-order chi connectivity index (χ1) is 15.0. The number of nitrogens with zero attached hydrogens (tertiary/aromatic N) is 1. The average Bonchev–Trinajstić information content (AvgIpc) is 3.28. The van der Waals surface area contributed by atoms with Gasteiger partial charge in [-0.05, 0) is 39.3 Å². The number of para-hydroxylation sites is 1. The number of aromatic nitrogens is 1. The molecule has 3 aromatic rings. The van der Waals surface area contributed by atoms with Gasteiger partial charge in [-0.25, -0.2) is 4.79 Å². The molecular formula is C24H29NO6. The number of rotatable bonds is 11. The van der Waals surface area contributed by atoms with Crippen LogP contribution >= 0.6 is 0 Å². The van der Waals surface area contributed by atoms with E-state index in [1.165, 1.54) is 0 Å². The summed E-state index contributed by atoms with van der Waals surface area (Å²) in [5, 5.41) is 0.800. The molecule has 2 heterocycles. The van der Waals surface area contributed by atoms with E-state index in [1.807, 2.05) is 45.0 Å². The number of fused-ring (bicyclic) bond motifs is 1. The zero-order chi connectivity index (χ0) is 22.4. The van der Waals surface area contributed by atoms with Gasteiger partial charge in [0, 0.05) is 54.8 Å². The highest BCUT2D eigenvalue weighted by atomic mass is 16.5. The second-order valence-electron chi connectivity index (χ2n) is 7.33. The van der Waals surface area contributed by atoms with Crippen LogP contribution in [0.25, 0.3) is 11.0 Å². The van der Waals surface area contributed by atoms with Crippen molar-refractivity contribution in [3.8, 4) is 0 Å². The molecular weight excluding hydrogens is 398 g/mol. The molecule has 31 heavy (non-hydrogen) atoms. The summed E-state index contributed by atoms with van der Waals surface area (Å²) in [6, 6.07) is 9.18. The molecule has 0 saturated carbocycles. The van der Waals surface area contributed by atoms with Gasteiger partial charge in [-0.2, -0.15) is 0 Å².